The Bertz CT molecular complexity index is 114. The van der Waals surface area contributed by atoms with E-state index in [1.165, 1.54) is 25.7 Å². The van der Waals surface area contributed by atoms with Crippen molar-refractivity contribution in [3.8, 4) is 0 Å². The predicted octanol–water partition coefficient (Wildman–Crippen LogP) is 5.13. The lowest BCUT2D eigenvalue weighted by Gasteiger charge is -2.27. The van der Waals surface area contributed by atoms with Crippen molar-refractivity contribution in [2.24, 2.45) is 23.7 Å². The van der Waals surface area contributed by atoms with Crippen molar-refractivity contribution in [3.05, 3.63) is 0 Å². The summed E-state index contributed by atoms with van der Waals surface area (Å²) in [5.41, 5.74) is 0. The topological polar surface area (TPSA) is 0 Å². The molecular formula is C14H30. The molecule has 0 saturated heterocycles. The van der Waals surface area contributed by atoms with Crippen LogP contribution in [0.5, 0.6) is 0 Å². The minimum Gasteiger partial charge on any atom is -0.0654 e. The number of rotatable bonds is 7. The van der Waals surface area contributed by atoms with Gasteiger partial charge >= 0.3 is 0 Å². The number of hydrogen-bond donors (Lipinski definition) is 0. The van der Waals surface area contributed by atoms with Gasteiger partial charge in [0.15, 0.2) is 0 Å². The lowest BCUT2D eigenvalue weighted by molar-refractivity contribution is 0.242. The molecule has 1 atom stereocenters. The highest BCUT2D eigenvalue weighted by atomic mass is 14.2. The summed E-state index contributed by atoms with van der Waals surface area (Å²) < 4.78 is 0. The zero-order valence-corrected chi connectivity index (χ0v) is 11.1. The summed E-state index contributed by atoms with van der Waals surface area (Å²) in [6.07, 6.45) is 5.58. The Kier molecular flexibility index (Phi) is 7.31. The maximum absolute atomic E-state index is 2.44. The molecule has 0 spiro atoms. The molecule has 1 unspecified atom stereocenters. The Morgan fingerprint density at radius 3 is 1.50 bits per heavy atom. The van der Waals surface area contributed by atoms with Crippen LogP contribution in [-0.4, -0.2) is 0 Å². The molecule has 0 N–H and O–H groups in total. The van der Waals surface area contributed by atoms with Gasteiger partial charge in [0.1, 0.15) is 0 Å². The second-order valence-corrected chi connectivity index (χ2v) is 5.79. The molecule has 0 aliphatic heterocycles. The van der Waals surface area contributed by atoms with Crippen LogP contribution in [0.1, 0.15) is 67.2 Å². The van der Waals surface area contributed by atoms with E-state index in [1.807, 2.05) is 0 Å². The van der Waals surface area contributed by atoms with Gasteiger partial charge in [-0.3, -0.25) is 0 Å². The van der Waals surface area contributed by atoms with Gasteiger partial charge in [-0.15, -0.1) is 0 Å². The Balaban J connectivity index is 4.08. The summed E-state index contributed by atoms with van der Waals surface area (Å²) in [6, 6.07) is 0. The molecule has 0 aromatic carbocycles. The van der Waals surface area contributed by atoms with Gasteiger partial charge in [0.2, 0.25) is 0 Å². The van der Waals surface area contributed by atoms with E-state index >= 15 is 0 Å². The molecule has 86 valence electrons. The van der Waals surface area contributed by atoms with Gasteiger partial charge in [0.25, 0.3) is 0 Å². The standard InChI is InChI=1S/C14H30/c1-7-8-13(6)14(9-11(2)3)10-12(4)5/h11-14H,7-10H2,1-6H3. The van der Waals surface area contributed by atoms with Crippen molar-refractivity contribution >= 4 is 0 Å². The van der Waals surface area contributed by atoms with Crippen molar-refractivity contribution in [2.75, 3.05) is 0 Å². The Hall–Kier alpha value is 0. The van der Waals surface area contributed by atoms with Gasteiger partial charge in [-0.05, 0) is 36.5 Å². The van der Waals surface area contributed by atoms with Gasteiger partial charge in [-0.2, -0.15) is 0 Å². The highest BCUT2D eigenvalue weighted by molar-refractivity contribution is 4.69. The first kappa shape index (κ1) is 14.0. The quantitative estimate of drug-likeness (QED) is 0.532. The Labute approximate surface area is 91.5 Å². The number of hydrogen-bond acceptors (Lipinski definition) is 0. The lowest BCUT2D eigenvalue weighted by Crippen LogP contribution is -2.16. The van der Waals surface area contributed by atoms with Crippen LogP contribution >= 0.6 is 0 Å². The van der Waals surface area contributed by atoms with Crippen molar-refractivity contribution in [1.82, 2.24) is 0 Å². The average molecular weight is 198 g/mol. The molecule has 0 aromatic rings. The molecular weight excluding hydrogens is 168 g/mol. The SMILES string of the molecule is CCCC(C)C(CC(C)C)CC(C)C. The van der Waals surface area contributed by atoms with Crippen LogP contribution in [0.3, 0.4) is 0 Å². The molecule has 0 aliphatic rings. The molecule has 14 heavy (non-hydrogen) atoms. The highest BCUT2D eigenvalue weighted by Crippen LogP contribution is 2.29. The third-order valence-electron chi connectivity index (χ3n) is 3.10. The third kappa shape index (κ3) is 6.45. The van der Waals surface area contributed by atoms with E-state index in [1.54, 1.807) is 0 Å². The van der Waals surface area contributed by atoms with Gasteiger partial charge < -0.3 is 0 Å². The van der Waals surface area contributed by atoms with Crippen LogP contribution in [0.4, 0.5) is 0 Å². The zero-order valence-electron chi connectivity index (χ0n) is 11.1. The summed E-state index contributed by atoms with van der Waals surface area (Å²) in [4.78, 5) is 0. The normalized spacial score (nSPS) is 14.4. The first-order valence-electron chi connectivity index (χ1n) is 6.47. The largest absolute Gasteiger partial charge is 0.0654 e. The van der Waals surface area contributed by atoms with E-state index in [0.717, 1.165) is 23.7 Å². The summed E-state index contributed by atoms with van der Waals surface area (Å²) in [5, 5.41) is 0. The van der Waals surface area contributed by atoms with Gasteiger partial charge in [-0.1, -0.05) is 54.4 Å². The van der Waals surface area contributed by atoms with E-state index in [9.17, 15) is 0 Å². The van der Waals surface area contributed by atoms with Crippen LogP contribution < -0.4 is 0 Å². The van der Waals surface area contributed by atoms with Crippen LogP contribution in [0.25, 0.3) is 0 Å². The minimum absolute atomic E-state index is 0.859. The highest BCUT2D eigenvalue weighted by Gasteiger charge is 2.18. The van der Waals surface area contributed by atoms with E-state index < -0.39 is 0 Å². The molecule has 0 heterocycles. The zero-order chi connectivity index (χ0) is 11.1. The molecule has 0 saturated carbocycles. The molecule has 0 fully saturated rings. The maximum atomic E-state index is 2.44. The second kappa shape index (κ2) is 7.31. The molecule has 0 aromatic heterocycles. The van der Waals surface area contributed by atoms with Gasteiger partial charge in [-0.25, -0.2) is 0 Å². The van der Waals surface area contributed by atoms with E-state index in [-0.39, 0.29) is 0 Å². The third-order valence-corrected chi connectivity index (χ3v) is 3.10. The van der Waals surface area contributed by atoms with Crippen molar-refractivity contribution < 1.29 is 0 Å². The van der Waals surface area contributed by atoms with Crippen LogP contribution in [0.2, 0.25) is 0 Å². The first-order valence-corrected chi connectivity index (χ1v) is 6.47. The fraction of sp³-hybridized carbons (Fsp3) is 1.00. The molecule has 0 aliphatic carbocycles. The molecule has 0 rings (SSSR count). The van der Waals surface area contributed by atoms with Crippen molar-refractivity contribution in [1.29, 1.82) is 0 Å². The summed E-state index contributed by atoms with van der Waals surface area (Å²) in [6.45, 7) is 14.2. The van der Waals surface area contributed by atoms with Gasteiger partial charge in [0, 0.05) is 0 Å². The minimum atomic E-state index is 0.859. The lowest BCUT2D eigenvalue weighted by atomic mass is 9.79. The summed E-state index contributed by atoms with van der Waals surface area (Å²) >= 11 is 0. The predicted molar refractivity (Wildman–Crippen MR) is 66.5 cm³/mol. The first-order chi connectivity index (χ1) is 6.47. The fourth-order valence-corrected chi connectivity index (χ4v) is 2.46. The smallest absolute Gasteiger partial charge is 0.0384 e. The molecule has 0 bridgehead atoms. The Morgan fingerprint density at radius 1 is 0.786 bits per heavy atom. The average Bonchev–Trinajstić information content (AvgIpc) is 2.01. The molecule has 0 nitrogen and oxygen atoms in total. The van der Waals surface area contributed by atoms with Crippen molar-refractivity contribution in [3.63, 3.8) is 0 Å². The Morgan fingerprint density at radius 2 is 1.21 bits per heavy atom. The maximum Gasteiger partial charge on any atom is -0.0384 e. The van der Waals surface area contributed by atoms with E-state index in [0.29, 0.717) is 0 Å². The van der Waals surface area contributed by atoms with E-state index in [2.05, 4.69) is 41.5 Å². The van der Waals surface area contributed by atoms with Crippen LogP contribution in [0.15, 0.2) is 0 Å². The molecule has 0 radical (unpaired) electrons. The van der Waals surface area contributed by atoms with Gasteiger partial charge in [0.05, 0.1) is 0 Å². The molecule has 0 heteroatoms. The summed E-state index contributed by atoms with van der Waals surface area (Å²) in [5.74, 6) is 3.59. The fourth-order valence-electron chi connectivity index (χ4n) is 2.46. The van der Waals surface area contributed by atoms with Crippen LogP contribution in [0, 0.1) is 23.7 Å². The second-order valence-electron chi connectivity index (χ2n) is 5.79. The van der Waals surface area contributed by atoms with Crippen molar-refractivity contribution in [2.45, 2.75) is 67.2 Å². The van der Waals surface area contributed by atoms with E-state index in [4.69, 9.17) is 0 Å². The monoisotopic (exact) mass is 198 g/mol. The molecule has 0 amide bonds. The summed E-state index contributed by atoms with van der Waals surface area (Å²) in [7, 11) is 0. The van der Waals surface area contributed by atoms with Crippen LogP contribution in [-0.2, 0) is 0 Å².